The number of ether oxygens (including phenoxy) is 4. The SMILES string of the molecule is CC(=O)OC[C@@H](OC(C)=O)[C@@H](OC(C)=O)[C@@H]1C=CC2=C(COC2=O)N1C. The molecule has 9 heteroatoms. The van der Waals surface area contributed by atoms with E-state index in [9.17, 15) is 19.2 Å². The van der Waals surface area contributed by atoms with E-state index in [0.717, 1.165) is 0 Å². The molecule has 9 nitrogen and oxygen atoms in total. The lowest BCUT2D eigenvalue weighted by molar-refractivity contribution is -0.176. The molecule has 0 saturated carbocycles. The summed E-state index contributed by atoms with van der Waals surface area (Å²) in [4.78, 5) is 47.6. The third-order valence-corrected chi connectivity index (χ3v) is 3.98. The highest BCUT2D eigenvalue weighted by Crippen LogP contribution is 2.29. The van der Waals surface area contributed by atoms with Crippen LogP contribution < -0.4 is 0 Å². The Morgan fingerprint density at radius 3 is 2.42 bits per heavy atom. The number of rotatable bonds is 6. The van der Waals surface area contributed by atoms with Gasteiger partial charge in [0.05, 0.1) is 17.3 Å². The van der Waals surface area contributed by atoms with Gasteiger partial charge >= 0.3 is 23.9 Å². The first-order valence-electron chi connectivity index (χ1n) is 7.99. The lowest BCUT2D eigenvalue weighted by Gasteiger charge is -2.38. The smallest absolute Gasteiger partial charge is 0.340 e. The van der Waals surface area contributed by atoms with Crippen molar-refractivity contribution >= 4 is 23.9 Å². The van der Waals surface area contributed by atoms with Crippen molar-refractivity contribution in [3.05, 3.63) is 23.4 Å². The first kappa shape index (κ1) is 19.5. The average molecular weight is 367 g/mol. The van der Waals surface area contributed by atoms with Gasteiger partial charge in [-0.05, 0) is 6.08 Å². The first-order chi connectivity index (χ1) is 12.2. The molecule has 0 bridgehead atoms. The summed E-state index contributed by atoms with van der Waals surface area (Å²) in [5.41, 5.74) is 1.06. The fourth-order valence-corrected chi connectivity index (χ4v) is 2.86. The number of cyclic esters (lactones) is 1. The van der Waals surface area contributed by atoms with Gasteiger partial charge in [-0.3, -0.25) is 14.4 Å². The molecule has 2 aliphatic heterocycles. The van der Waals surface area contributed by atoms with Gasteiger partial charge in [0.1, 0.15) is 13.2 Å². The van der Waals surface area contributed by atoms with E-state index >= 15 is 0 Å². The zero-order valence-electron chi connectivity index (χ0n) is 15.0. The summed E-state index contributed by atoms with van der Waals surface area (Å²) in [6.07, 6.45) is 1.27. The van der Waals surface area contributed by atoms with Crippen molar-refractivity contribution in [2.24, 2.45) is 0 Å². The second-order valence-electron chi connectivity index (χ2n) is 5.92. The maximum Gasteiger partial charge on any atom is 0.340 e. The lowest BCUT2D eigenvalue weighted by Crippen LogP contribution is -2.52. The van der Waals surface area contributed by atoms with Crippen LogP contribution in [0.3, 0.4) is 0 Å². The standard InChI is InChI=1S/C17H21NO8/c1-9(19)23-8-15(25-10(2)20)16(26-11(3)21)13-6-5-12-14(18(13)4)7-24-17(12)22/h5-6,13,15-16H,7-8H2,1-4H3/t13-,15+,16-/m0/s1. The third kappa shape index (κ3) is 4.41. The van der Waals surface area contributed by atoms with Crippen LogP contribution in [0.2, 0.25) is 0 Å². The molecule has 0 aliphatic carbocycles. The molecular weight excluding hydrogens is 346 g/mol. The van der Waals surface area contributed by atoms with Gasteiger partial charge in [-0.1, -0.05) is 6.08 Å². The van der Waals surface area contributed by atoms with Gasteiger partial charge in [-0.25, -0.2) is 4.79 Å². The Hall–Kier alpha value is -2.84. The van der Waals surface area contributed by atoms with Gasteiger partial charge in [-0.15, -0.1) is 0 Å². The molecule has 3 atom stereocenters. The van der Waals surface area contributed by atoms with Crippen LogP contribution in [0.4, 0.5) is 0 Å². The predicted molar refractivity (Wildman–Crippen MR) is 86.4 cm³/mol. The molecule has 26 heavy (non-hydrogen) atoms. The molecule has 2 heterocycles. The Kier molecular flexibility index (Phi) is 6.01. The lowest BCUT2D eigenvalue weighted by atomic mass is 9.97. The fraction of sp³-hybridized carbons (Fsp3) is 0.529. The molecule has 0 spiro atoms. The molecule has 2 aliphatic rings. The predicted octanol–water partition coefficient (Wildman–Crippen LogP) is 0.0940. The Labute approximate surface area is 150 Å². The number of hydrogen-bond donors (Lipinski definition) is 0. The van der Waals surface area contributed by atoms with Gasteiger partial charge in [0.25, 0.3) is 0 Å². The molecular formula is C17H21NO8. The van der Waals surface area contributed by atoms with Gasteiger partial charge in [0.2, 0.25) is 0 Å². The second kappa shape index (κ2) is 8.03. The van der Waals surface area contributed by atoms with E-state index in [-0.39, 0.29) is 13.2 Å². The van der Waals surface area contributed by atoms with Gasteiger partial charge in [0, 0.05) is 27.8 Å². The number of esters is 4. The normalized spacial score (nSPS) is 20.8. The van der Waals surface area contributed by atoms with E-state index in [2.05, 4.69) is 0 Å². The molecule has 0 amide bonds. The van der Waals surface area contributed by atoms with E-state index in [0.29, 0.717) is 11.3 Å². The molecule has 0 fully saturated rings. The van der Waals surface area contributed by atoms with E-state index in [1.54, 1.807) is 24.1 Å². The van der Waals surface area contributed by atoms with E-state index < -0.39 is 42.1 Å². The minimum Gasteiger partial charge on any atom is -0.462 e. The van der Waals surface area contributed by atoms with Gasteiger partial charge in [0.15, 0.2) is 12.2 Å². The van der Waals surface area contributed by atoms with Crippen LogP contribution in [0.25, 0.3) is 0 Å². The molecule has 142 valence electrons. The molecule has 2 rings (SSSR count). The minimum atomic E-state index is -1.02. The zero-order valence-corrected chi connectivity index (χ0v) is 15.0. The number of carbonyl (C=O) groups excluding carboxylic acids is 4. The van der Waals surface area contributed by atoms with Crippen LogP contribution in [0.15, 0.2) is 23.4 Å². The summed E-state index contributed by atoms with van der Waals surface area (Å²) in [6.45, 7) is 3.48. The van der Waals surface area contributed by atoms with E-state index in [1.807, 2.05) is 0 Å². The maximum absolute atomic E-state index is 11.7. The quantitative estimate of drug-likeness (QED) is 0.477. The molecule has 0 radical (unpaired) electrons. The molecule has 0 aromatic rings. The van der Waals surface area contributed by atoms with Crippen molar-refractivity contribution in [2.45, 2.75) is 39.0 Å². The van der Waals surface area contributed by atoms with E-state index in [1.165, 1.54) is 20.8 Å². The molecule has 0 saturated heterocycles. The van der Waals surface area contributed by atoms with Crippen LogP contribution in [-0.2, 0) is 38.1 Å². The van der Waals surface area contributed by atoms with Crippen molar-refractivity contribution in [2.75, 3.05) is 20.3 Å². The summed E-state index contributed by atoms with van der Waals surface area (Å²) in [7, 11) is 1.71. The topological polar surface area (TPSA) is 108 Å². The Morgan fingerprint density at radius 1 is 1.19 bits per heavy atom. The van der Waals surface area contributed by atoms with Crippen molar-refractivity contribution < 1.29 is 38.1 Å². The summed E-state index contributed by atoms with van der Waals surface area (Å²) < 4.78 is 20.6. The Bertz CT molecular complexity index is 680. The Morgan fingerprint density at radius 2 is 1.85 bits per heavy atom. The van der Waals surface area contributed by atoms with E-state index in [4.69, 9.17) is 18.9 Å². The monoisotopic (exact) mass is 367 g/mol. The molecule has 0 aromatic carbocycles. The minimum absolute atomic E-state index is 0.0977. The van der Waals surface area contributed by atoms with Crippen molar-refractivity contribution in [1.82, 2.24) is 4.90 Å². The highest BCUT2D eigenvalue weighted by Gasteiger charge is 2.41. The number of hydrogen-bond acceptors (Lipinski definition) is 9. The van der Waals surface area contributed by atoms with Crippen molar-refractivity contribution in [1.29, 1.82) is 0 Å². The molecule has 0 unspecified atom stereocenters. The fourth-order valence-electron chi connectivity index (χ4n) is 2.86. The molecule has 0 N–H and O–H groups in total. The van der Waals surface area contributed by atoms with Gasteiger partial charge < -0.3 is 23.8 Å². The van der Waals surface area contributed by atoms with Crippen LogP contribution in [-0.4, -0.2) is 67.3 Å². The summed E-state index contributed by atoms with van der Waals surface area (Å²) in [5, 5.41) is 0. The molecule has 0 aromatic heterocycles. The van der Waals surface area contributed by atoms with Crippen molar-refractivity contribution in [3.63, 3.8) is 0 Å². The van der Waals surface area contributed by atoms with Crippen LogP contribution in [0, 0.1) is 0 Å². The summed E-state index contributed by atoms with van der Waals surface area (Å²) in [6, 6.07) is -0.549. The number of nitrogens with zero attached hydrogens (tertiary/aromatic N) is 1. The van der Waals surface area contributed by atoms with Crippen LogP contribution >= 0.6 is 0 Å². The van der Waals surface area contributed by atoms with Crippen LogP contribution in [0.1, 0.15) is 20.8 Å². The summed E-state index contributed by atoms with van der Waals surface area (Å²) in [5.74, 6) is -2.19. The zero-order chi connectivity index (χ0) is 19.4. The number of likely N-dealkylation sites (N-methyl/N-ethyl adjacent to an activating group) is 1. The Balaban J connectivity index is 2.29. The highest BCUT2D eigenvalue weighted by atomic mass is 16.6. The van der Waals surface area contributed by atoms with Crippen molar-refractivity contribution in [3.8, 4) is 0 Å². The maximum atomic E-state index is 11.7. The third-order valence-electron chi connectivity index (χ3n) is 3.98. The average Bonchev–Trinajstić information content (AvgIpc) is 2.91. The largest absolute Gasteiger partial charge is 0.462 e. The summed E-state index contributed by atoms with van der Waals surface area (Å²) >= 11 is 0. The highest BCUT2D eigenvalue weighted by molar-refractivity contribution is 5.95. The second-order valence-corrected chi connectivity index (χ2v) is 5.92. The van der Waals surface area contributed by atoms with Crippen LogP contribution in [0.5, 0.6) is 0 Å². The first-order valence-corrected chi connectivity index (χ1v) is 7.99. The number of carbonyl (C=O) groups is 4. The van der Waals surface area contributed by atoms with Gasteiger partial charge in [-0.2, -0.15) is 0 Å².